The molecule has 0 aliphatic carbocycles. The van der Waals surface area contributed by atoms with Gasteiger partial charge in [-0.2, -0.15) is 0 Å². The maximum atomic E-state index is 13.3. The molecule has 0 saturated carbocycles. The number of sulfonamides is 1. The van der Waals surface area contributed by atoms with Crippen molar-refractivity contribution in [3.05, 3.63) is 83.1 Å². The molecule has 3 aromatic rings. The fourth-order valence-corrected chi connectivity index (χ4v) is 4.46. The maximum Gasteiger partial charge on any atom is 0.264 e. The molecular weight excluding hydrogens is 443 g/mol. The fourth-order valence-electron chi connectivity index (χ4n) is 2.86. The summed E-state index contributed by atoms with van der Waals surface area (Å²) >= 11 is 6.09. The lowest BCUT2D eigenvalue weighted by Gasteiger charge is -2.24. The molecule has 3 rings (SSSR count). The Labute approximate surface area is 185 Å². The zero-order valence-electron chi connectivity index (χ0n) is 16.8. The highest BCUT2D eigenvalue weighted by Crippen LogP contribution is 2.27. The Balaban J connectivity index is 1.96. The minimum absolute atomic E-state index is 0.142. The maximum absolute atomic E-state index is 13.3. The number of methoxy groups -OCH3 is 1. The SMILES string of the molecule is COc1ccc(N(CC(=O)Nc2cccc(Cl)c2C)S(=O)(=O)c2ccc(F)cc2)cc1. The van der Waals surface area contributed by atoms with Crippen molar-refractivity contribution < 1.29 is 22.3 Å². The summed E-state index contributed by atoms with van der Waals surface area (Å²) in [6.07, 6.45) is 0. The lowest BCUT2D eigenvalue weighted by molar-refractivity contribution is -0.114. The summed E-state index contributed by atoms with van der Waals surface area (Å²) < 4.78 is 45.9. The van der Waals surface area contributed by atoms with Crippen molar-refractivity contribution in [3.8, 4) is 5.75 Å². The molecule has 1 N–H and O–H groups in total. The topological polar surface area (TPSA) is 75.7 Å². The summed E-state index contributed by atoms with van der Waals surface area (Å²) in [5, 5.41) is 3.17. The minimum atomic E-state index is -4.16. The highest BCUT2D eigenvalue weighted by atomic mass is 35.5. The minimum Gasteiger partial charge on any atom is -0.497 e. The molecule has 0 heterocycles. The largest absolute Gasteiger partial charge is 0.497 e. The van der Waals surface area contributed by atoms with Crippen molar-refractivity contribution in [2.45, 2.75) is 11.8 Å². The predicted octanol–water partition coefficient (Wildman–Crippen LogP) is 4.63. The molecule has 0 aromatic heterocycles. The molecule has 0 saturated heterocycles. The van der Waals surface area contributed by atoms with Crippen LogP contribution in [0.25, 0.3) is 0 Å². The van der Waals surface area contributed by atoms with Gasteiger partial charge in [-0.3, -0.25) is 9.10 Å². The van der Waals surface area contributed by atoms with Crippen molar-refractivity contribution in [1.82, 2.24) is 0 Å². The Kier molecular flexibility index (Phi) is 6.82. The van der Waals surface area contributed by atoms with Crippen molar-refractivity contribution in [2.24, 2.45) is 0 Å². The first kappa shape index (κ1) is 22.6. The third-order valence-corrected chi connectivity index (χ3v) is 6.79. The standard InChI is InChI=1S/C22H20ClFN2O4S/c1-15-20(23)4-3-5-21(15)25-22(27)14-26(17-8-10-18(30-2)11-9-17)31(28,29)19-12-6-16(24)7-13-19/h3-13H,14H2,1-2H3,(H,25,27). The van der Waals surface area contributed by atoms with Crippen LogP contribution in [-0.2, 0) is 14.8 Å². The molecule has 0 radical (unpaired) electrons. The molecule has 0 atom stereocenters. The van der Waals surface area contributed by atoms with E-state index >= 15 is 0 Å². The third-order valence-electron chi connectivity index (χ3n) is 4.59. The highest BCUT2D eigenvalue weighted by molar-refractivity contribution is 7.92. The van der Waals surface area contributed by atoms with Crippen LogP contribution in [0, 0.1) is 12.7 Å². The second-order valence-electron chi connectivity index (χ2n) is 6.62. The van der Waals surface area contributed by atoms with Gasteiger partial charge in [-0.25, -0.2) is 12.8 Å². The van der Waals surface area contributed by atoms with Gasteiger partial charge in [-0.1, -0.05) is 17.7 Å². The second-order valence-corrected chi connectivity index (χ2v) is 8.89. The van der Waals surface area contributed by atoms with Crippen LogP contribution in [0.15, 0.2) is 71.6 Å². The number of benzene rings is 3. The molecule has 0 aliphatic rings. The summed E-state index contributed by atoms with van der Waals surface area (Å²) in [5.41, 5.74) is 1.39. The third kappa shape index (κ3) is 5.15. The van der Waals surface area contributed by atoms with Crippen LogP contribution < -0.4 is 14.4 Å². The van der Waals surface area contributed by atoms with Crippen LogP contribution in [0.4, 0.5) is 15.8 Å². The number of hydrogen-bond acceptors (Lipinski definition) is 4. The average Bonchev–Trinajstić information content (AvgIpc) is 2.75. The van der Waals surface area contributed by atoms with Gasteiger partial charge in [0.15, 0.2) is 0 Å². The Morgan fingerprint density at radius 2 is 1.71 bits per heavy atom. The van der Waals surface area contributed by atoms with Crippen LogP contribution in [0.1, 0.15) is 5.56 Å². The quantitative estimate of drug-likeness (QED) is 0.555. The van der Waals surface area contributed by atoms with Crippen LogP contribution >= 0.6 is 11.6 Å². The molecular formula is C22H20ClFN2O4S. The van der Waals surface area contributed by atoms with Crippen molar-refractivity contribution in [3.63, 3.8) is 0 Å². The van der Waals surface area contributed by atoms with E-state index in [1.54, 1.807) is 37.3 Å². The van der Waals surface area contributed by atoms with Crippen LogP contribution in [-0.4, -0.2) is 28.0 Å². The molecule has 0 spiro atoms. The molecule has 3 aromatic carbocycles. The number of rotatable bonds is 7. The Hall–Kier alpha value is -3.10. The molecule has 6 nitrogen and oxygen atoms in total. The number of amides is 1. The summed E-state index contributed by atoms with van der Waals surface area (Å²) in [4.78, 5) is 12.6. The lowest BCUT2D eigenvalue weighted by Crippen LogP contribution is -2.38. The van der Waals surface area contributed by atoms with Gasteiger partial charge in [-0.15, -0.1) is 0 Å². The number of carbonyl (C=O) groups is 1. The van der Waals surface area contributed by atoms with Gasteiger partial charge in [-0.05, 0) is 73.2 Å². The number of carbonyl (C=O) groups excluding carboxylic acids is 1. The molecule has 31 heavy (non-hydrogen) atoms. The molecule has 0 bridgehead atoms. The zero-order chi connectivity index (χ0) is 22.6. The summed E-state index contributed by atoms with van der Waals surface area (Å²) in [5.74, 6) is -0.599. The van der Waals surface area contributed by atoms with E-state index in [2.05, 4.69) is 5.32 Å². The number of nitrogens with zero attached hydrogens (tertiary/aromatic N) is 1. The molecule has 0 unspecified atom stereocenters. The molecule has 0 fully saturated rings. The van der Waals surface area contributed by atoms with E-state index in [1.165, 1.54) is 19.2 Å². The molecule has 1 amide bonds. The smallest absolute Gasteiger partial charge is 0.264 e. The number of halogens is 2. The van der Waals surface area contributed by atoms with Gasteiger partial charge >= 0.3 is 0 Å². The normalized spacial score (nSPS) is 11.1. The fraction of sp³-hybridized carbons (Fsp3) is 0.136. The van der Waals surface area contributed by atoms with E-state index in [0.29, 0.717) is 22.0 Å². The summed E-state index contributed by atoms with van der Waals surface area (Å²) in [6.45, 7) is 1.24. The van der Waals surface area contributed by atoms with Crippen molar-refractivity contribution in [1.29, 1.82) is 0 Å². The summed E-state index contributed by atoms with van der Waals surface area (Å²) in [7, 11) is -2.67. The predicted molar refractivity (Wildman–Crippen MR) is 119 cm³/mol. The monoisotopic (exact) mass is 462 g/mol. The Bertz CT molecular complexity index is 1180. The van der Waals surface area contributed by atoms with Crippen molar-refractivity contribution in [2.75, 3.05) is 23.3 Å². The number of anilines is 2. The summed E-state index contributed by atoms with van der Waals surface area (Å²) in [6, 6.07) is 15.7. The van der Waals surface area contributed by atoms with Gasteiger partial charge in [0.2, 0.25) is 5.91 Å². The molecule has 9 heteroatoms. The van der Waals surface area contributed by atoms with E-state index in [1.807, 2.05) is 0 Å². The number of ether oxygens (including phenoxy) is 1. The zero-order valence-corrected chi connectivity index (χ0v) is 18.4. The van der Waals surface area contributed by atoms with Gasteiger partial charge < -0.3 is 10.1 Å². The van der Waals surface area contributed by atoms with Gasteiger partial charge in [0.05, 0.1) is 17.7 Å². The Morgan fingerprint density at radius 1 is 1.06 bits per heavy atom. The van der Waals surface area contributed by atoms with E-state index in [0.717, 1.165) is 28.6 Å². The van der Waals surface area contributed by atoms with Crippen molar-refractivity contribution >= 4 is 38.9 Å². The van der Waals surface area contributed by atoms with Crippen LogP contribution in [0.2, 0.25) is 5.02 Å². The first-order valence-electron chi connectivity index (χ1n) is 9.19. The average molecular weight is 463 g/mol. The van der Waals surface area contributed by atoms with Gasteiger partial charge in [0, 0.05) is 10.7 Å². The van der Waals surface area contributed by atoms with E-state index in [-0.39, 0.29) is 10.6 Å². The first-order valence-corrected chi connectivity index (χ1v) is 11.0. The van der Waals surface area contributed by atoms with E-state index in [9.17, 15) is 17.6 Å². The van der Waals surface area contributed by atoms with Crippen LogP contribution in [0.5, 0.6) is 5.75 Å². The second kappa shape index (κ2) is 9.36. The molecule has 0 aliphatic heterocycles. The van der Waals surface area contributed by atoms with E-state index < -0.39 is 28.3 Å². The highest BCUT2D eigenvalue weighted by Gasteiger charge is 2.27. The van der Waals surface area contributed by atoms with Gasteiger partial charge in [0.25, 0.3) is 10.0 Å². The van der Waals surface area contributed by atoms with Crippen LogP contribution in [0.3, 0.4) is 0 Å². The number of nitrogens with one attached hydrogen (secondary N) is 1. The first-order chi connectivity index (χ1) is 14.7. The Morgan fingerprint density at radius 3 is 2.32 bits per heavy atom. The number of hydrogen-bond donors (Lipinski definition) is 1. The van der Waals surface area contributed by atoms with Gasteiger partial charge in [0.1, 0.15) is 18.1 Å². The lowest BCUT2D eigenvalue weighted by atomic mass is 10.2. The van der Waals surface area contributed by atoms with E-state index in [4.69, 9.17) is 16.3 Å². The molecule has 162 valence electrons.